The number of carbonyl (C=O) groups is 2. The number of carbonyl (C=O) groups excluding carboxylic acids is 2. The molecule has 5 heteroatoms. The zero-order chi connectivity index (χ0) is 15.1. The molecule has 0 saturated heterocycles. The molecule has 0 amide bonds. The lowest BCUT2D eigenvalue weighted by atomic mass is 10.0. The maximum atomic E-state index is 11.7. The Labute approximate surface area is 119 Å². The van der Waals surface area contributed by atoms with Gasteiger partial charge in [-0.05, 0) is 17.9 Å². The summed E-state index contributed by atoms with van der Waals surface area (Å²) in [6, 6.07) is 7.65. The minimum Gasteiger partial charge on any atom is -0.391 e. The van der Waals surface area contributed by atoms with Crippen LogP contribution in [-0.2, 0) is 20.7 Å². The van der Waals surface area contributed by atoms with E-state index < -0.39 is 24.0 Å². The monoisotopic (exact) mass is 278 g/mol. The number of hydrogen-bond donors (Lipinski definition) is 2. The Morgan fingerprint density at radius 3 is 2.30 bits per heavy atom. The zero-order valence-electron chi connectivity index (χ0n) is 11.9. The summed E-state index contributed by atoms with van der Waals surface area (Å²) in [6.45, 7) is 3.75. The van der Waals surface area contributed by atoms with E-state index in [4.69, 9.17) is 16.2 Å². The Bertz CT molecular complexity index is 448. The molecule has 5 nitrogen and oxygen atoms in total. The van der Waals surface area contributed by atoms with E-state index in [2.05, 4.69) is 0 Å². The molecule has 20 heavy (non-hydrogen) atoms. The topological polar surface area (TPSA) is 95.4 Å². The molecule has 0 saturated carbocycles. The van der Waals surface area contributed by atoms with E-state index in [1.54, 1.807) is 0 Å². The molecule has 1 rings (SSSR count). The van der Waals surface area contributed by atoms with Gasteiger partial charge in [0.2, 0.25) is 0 Å². The van der Waals surface area contributed by atoms with E-state index in [1.165, 1.54) is 0 Å². The van der Waals surface area contributed by atoms with Crippen molar-refractivity contribution in [2.45, 2.75) is 38.8 Å². The first-order chi connectivity index (χ1) is 9.45. The van der Waals surface area contributed by atoms with Crippen molar-refractivity contribution in [1.29, 1.82) is 0 Å². The van der Waals surface area contributed by atoms with Crippen LogP contribution >= 0.6 is 0 Å². The minimum atomic E-state index is -0.870. The van der Waals surface area contributed by atoms with Crippen molar-refractivity contribution in [3.8, 4) is 0 Å². The van der Waals surface area contributed by atoms with Gasteiger partial charge in [0.25, 0.3) is 0 Å². The second-order valence-corrected chi connectivity index (χ2v) is 4.95. The van der Waals surface area contributed by atoms with Gasteiger partial charge in [0.15, 0.2) is 0 Å². The van der Waals surface area contributed by atoms with Crippen molar-refractivity contribution in [3.05, 3.63) is 35.9 Å². The van der Waals surface area contributed by atoms with Gasteiger partial charge in [-0.2, -0.15) is 0 Å². The van der Waals surface area contributed by atoms with E-state index >= 15 is 0 Å². The third kappa shape index (κ3) is 4.75. The Morgan fingerprint density at radius 1 is 1.15 bits per heavy atom. The molecule has 0 aliphatic carbocycles. The van der Waals surface area contributed by atoms with Crippen LogP contribution < -0.4 is 11.5 Å². The normalized spacial score (nSPS) is 15.2. The van der Waals surface area contributed by atoms with Crippen LogP contribution in [-0.4, -0.2) is 24.0 Å². The van der Waals surface area contributed by atoms with Crippen LogP contribution in [0.5, 0.6) is 0 Å². The highest BCUT2D eigenvalue weighted by Gasteiger charge is 2.26. The highest BCUT2D eigenvalue weighted by molar-refractivity contribution is 5.90. The molecule has 0 aliphatic rings. The van der Waals surface area contributed by atoms with Crippen molar-refractivity contribution in [1.82, 2.24) is 0 Å². The molecule has 0 fully saturated rings. The molecule has 0 aromatic heterocycles. The molecule has 0 heterocycles. The van der Waals surface area contributed by atoms with Gasteiger partial charge in [0, 0.05) is 0 Å². The van der Waals surface area contributed by atoms with Crippen molar-refractivity contribution in [2.75, 3.05) is 0 Å². The molecule has 0 bridgehead atoms. The Hall–Kier alpha value is -1.72. The Balaban J connectivity index is 2.51. The smallest absolute Gasteiger partial charge is 0.330 e. The van der Waals surface area contributed by atoms with Gasteiger partial charge >= 0.3 is 11.9 Å². The van der Waals surface area contributed by atoms with Gasteiger partial charge in [-0.3, -0.25) is 0 Å². The van der Waals surface area contributed by atoms with Gasteiger partial charge in [-0.15, -0.1) is 0 Å². The summed E-state index contributed by atoms with van der Waals surface area (Å²) in [5, 5.41) is 0. The second-order valence-electron chi connectivity index (χ2n) is 4.95. The first-order valence-corrected chi connectivity index (χ1v) is 6.76. The zero-order valence-corrected chi connectivity index (χ0v) is 11.9. The van der Waals surface area contributed by atoms with E-state index in [9.17, 15) is 9.59 Å². The van der Waals surface area contributed by atoms with Gasteiger partial charge in [-0.1, -0.05) is 50.6 Å². The molecular formula is C15H22N2O3. The fraction of sp³-hybridized carbons (Fsp3) is 0.467. The molecule has 4 N–H and O–H groups in total. The molecule has 0 aliphatic heterocycles. The number of benzene rings is 1. The van der Waals surface area contributed by atoms with Crippen molar-refractivity contribution >= 4 is 11.9 Å². The quantitative estimate of drug-likeness (QED) is 0.598. The lowest BCUT2D eigenvalue weighted by molar-refractivity contribution is -0.162. The van der Waals surface area contributed by atoms with E-state index in [0.717, 1.165) is 12.0 Å². The summed E-state index contributed by atoms with van der Waals surface area (Å²) in [7, 11) is 0. The Kier molecular flexibility index (Phi) is 6.35. The molecule has 1 aromatic carbocycles. The third-order valence-corrected chi connectivity index (χ3v) is 3.33. The summed E-state index contributed by atoms with van der Waals surface area (Å²) in [4.78, 5) is 23.4. The number of rotatable bonds is 6. The predicted molar refractivity (Wildman–Crippen MR) is 76.7 cm³/mol. The van der Waals surface area contributed by atoms with Crippen LogP contribution in [0.2, 0.25) is 0 Å². The molecule has 0 unspecified atom stereocenters. The highest BCUT2D eigenvalue weighted by Crippen LogP contribution is 2.08. The van der Waals surface area contributed by atoms with Gasteiger partial charge in [0.1, 0.15) is 12.1 Å². The van der Waals surface area contributed by atoms with E-state index in [0.29, 0.717) is 6.42 Å². The third-order valence-electron chi connectivity index (χ3n) is 3.33. The van der Waals surface area contributed by atoms with Crippen LogP contribution in [0.3, 0.4) is 0 Å². The van der Waals surface area contributed by atoms with Crippen LogP contribution in [0.25, 0.3) is 0 Å². The largest absolute Gasteiger partial charge is 0.391 e. The minimum absolute atomic E-state index is 0.0411. The van der Waals surface area contributed by atoms with E-state index in [-0.39, 0.29) is 5.92 Å². The molecule has 1 aromatic rings. The van der Waals surface area contributed by atoms with Crippen LogP contribution in [0, 0.1) is 5.92 Å². The van der Waals surface area contributed by atoms with Crippen LogP contribution in [0.4, 0.5) is 0 Å². The highest BCUT2D eigenvalue weighted by atomic mass is 16.6. The van der Waals surface area contributed by atoms with Crippen LogP contribution in [0.1, 0.15) is 25.8 Å². The average Bonchev–Trinajstić information content (AvgIpc) is 2.46. The number of hydrogen-bond acceptors (Lipinski definition) is 5. The van der Waals surface area contributed by atoms with Crippen molar-refractivity contribution < 1.29 is 14.3 Å². The number of ether oxygens (including phenoxy) is 1. The summed E-state index contributed by atoms with van der Waals surface area (Å²) in [5.41, 5.74) is 12.4. The fourth-order valence-corrected chi connectivity index (χ4v) is 1.68. The molecular weight excluding hydrogens is 256 g/mol. The molecule has 0 spiro atoms. The average molecular weight is 278 g/mol. The number of nitrogens with two attached hydrogens (primary N) is 2. The molecule has 3 atom stereocenters. The first kappa shape index (κ1) is 16.3. The molecule has 110 valence electrons. The van der Waals surface area contributed by atoms with Crippen LogP contribution in [0.15, 0.2) is 30.3 Å². The fourth-order valence-electron chi connectivity index (χ4n) is 1.68. The summed E-state index contributed by atoms with van der Waals surface area (Å²) >= 11 is 0. The first-order valence-electron chi connectivity index (χ1n) is 6.76. The SMILES string of the molecule is CC[C@@H](C)[C@@H](N)C(=O)OC(=O)[C@H](N)Cc1ccccc1. The van der Waals surface area contributed by atoms with Crippen molar-refractivity contribution in [3.63, 3.8) is 0 Å². The lowest BCUT2D eigenvalue weighted by Crippen LogP contribution is -2.43. The van der Waals surface area contributed by atoms with E-state index in [1.807, 2.05) is 44.2 Å². The van der Waals surface area contributed by atoms with Gasteiger partial charge < -0.3 is 16.2 Å². The second kappa shape index (κ2) is 7.77. The van der Waals surface area contributed by atoms with Crippen molar-refractivity contribution in [2.24, 2.45) is 17.4 Å². The maximum Gasteiger partial charge on any atom is 0.330 e. The summed E-state index contributed by atoms with van der Waals surface area (Å²) in [6.07, 6.45) is 1.06. The maximum absolute atomic E-state index is 11.7. The Morgan fingerprint density at radius 2 is 1.75 bits per heavy atom. The summed E-state index contributed by atoms with van der Waals surface area (Å²) < 4.78 is 4.74. The molecule has 0 radical (unpaired) electrons. The van der Waals surface area contributed by atoms with Gasteiger partial charge in [-0.25, -0.2) is 9.59 Å². The predicted octanol–water partition coefficient (Wildman–Crippen LogP) is 1.000. The summed E-state index contributed by atoms with van der Waals surface area (Å²) in [5.74, 6) is -1.49. The number of esters is 2. The standard InChI is InChI=1S/C15H22N2O3/c1-3-10(2)13(17)15(19)20-14(18)12(16)9-11-7-5-4-6-8-11/h4-8,10,12-13H,3,9,16-17H2,1-2H3/t10-,12-,13-/m1/s1. The van der Waals surface area contributed by atoms with Gasteiger partial charge in [0.05, 0.1) is 0 Å². The lowest BCUT2D eigenvalue weighted by Gasteiger charge is -2.17.